The number of ether oxygens (including phenoxy) is 4. The lowest BCUT2D eigenvalue weighted by atomic mass is 9.88. The van der Waals surface area contributed by atoms with Gasteiger partial charge in [-0.15, -0.1) is 0 Å². The predicted octanol–water partition coefficient (Wildman–Crippen LogP) is 3.25. The van der Waals surface area contributed by atoms with Crippen molar-refractivity contribution in [3.63, 3.8) is 0 Å². The second-order valence-corrected chi connectivity index (χ2v) is 23.4. The number of carbonyl (C=O) groups is 2. The third kappa shape index (κ3) is 15.3. The summed E-state index contributed by atoms with van der Waals surface area (Å²) in [7, 11) is 2.55. The molecule has 70 heavy (non-hydrogen) atoms. The van der Waals surface area contributed by atoms with E-state index in [0.29, 0.717) is 45.8 Å². The molecule has 396 valence electrons. The van der Waals surface area contributed by atoms with Crippen LogP contribution < -0.4 is 20.1 Å². The van der Waals surface area contributed by atoms with Gasteiger partial charge in [0.25, 0.3) is 0 Å². The molecule has 0 radical (unpaired) electrons. The predicted molar refractivity (Wildman–Crippen MR) is 273 cm³/mol. The molecule has 2 aliphatic carbocycles. The van der Waals surface area contributed by atoms with Crippen LogP contribution in [-0.2, 0) is 39.1 Å². The smallest absolute Gasteiger partial charge is 0.248 e. The van der Waals surface area contributed by atoms with Gasteiger partial charge in [0.15, 0.2) is 0 Å². The van der Waals surface area contributed by atoms with E-state index in [1.807, 2.05) is 23.9 Å². The highest BCUT2D eigenvalue weighted by molar-refractivity contribution is 7.89. The Balaban J connectivity index is 0.000000261. The molecule has 0 bridgehead atoms. The minimum atomic E-state index is -3.68. The summed E-state index contributed by atoms with van der Waals surface area (Å²) in [5.41, 5.74) is 2.55. The number of methoxy groups -OCH3 is 2. The van der Waals surface area contributed by atoms with Crippen LogP contribution in [0, 0.1) is 27.7 Å². The third-order valence-corrected chi connectivity index (χ3v) is 19.0. The molecule has 2 heterocycles. The van der Waals surface area contributed by atoms with Crippen LogP contribution in [-0.4, -0.2) is 215 Å². The number of sulfonamides is 2. The van der Waals surface area contributed by atoms with Gasteiger partial charge in [0.05, 0.1) is 37.2 Å². The first-order chi connectivity index (χ1) is 33.3. The molecule has 2 saturated carbocycles. The Morgan fingerprint density at radius 1 is 0.571 bits per heavy atom. The number of nitrogens with one attached hydrogen (secondary N) is 2. The SMILES string of the molecule is COc1cc(C)c(S(=O)(=O)N(C)CCOCC(=O)N(C)[C@@H]2CCC[C@H](N3CCNCC3)C2)c(C)c1.COc1cc(C)c(S(=O)(=O)N(C)CCOCC(=O)N(C)[C@H]2CCC[C@@H](N3CCNCC3)C2)c(C)c1. The standard InChI is InChI=1S/2C25H42N4O5S/c2*1-19-15-23(33-5)16-20(2)25(19)35(31,32)27(3)13-14-34-18-24(30)28(4)21-7-6-8-22(17-21)29-11-9-26-10-12-29/h2*15-16,21-22,26H,6-14,17-18H2,1-5H3/t2*21-,22+/m10/s1. The van der Waals surface area contributed by atoms with Crippen molar-refractivity contribution in [3.05, 3.63) is 46.5 Å². The molecule has 0 unspecified atom stereocenters. The lowest BCUT2D eigenvalue weighted by molar-refractivity contribution is -0.138. The number of piperazine rings is 2. The number of nitrogens with zero attached hydrogens (tertiary/aromatic N) is 6. The molecular weight excluding hydrogens is 937 g/mol. The van der Waals surface area contributed by atoms with E-state index in [0.717, 1.165) is 90.9 Å². The Hall–Kier alpha value is -3.44. The van der Waals surface area contributed by atoms with E-state index in [2.05, 4.69) is 20.4 Å². The molecule has 2 N–H and O–H groups in total. The fourth-order valence-corrected chi connectivity index (χ4v) is 13.6. The van der Waals surface area contributed by atoms with E-state index in [1.54, 1.807) is 66.2 Å². The highest BCUT2D eigenvalue weighted by atomic mass is 32.2. The number of carbonyl (C=O) groups excluding carboxylic acids is 2. The van der Waals surface area contributed by atoms with Gasteiger partial charge < -0.3 is 39.4 Å². The van der Waals surface area contributed by atoms with Gasteiger partial charge >= 0.3 is 0 Å². The molecule has 2 aromatic carbocycles. The molecule has 2 amide bonds. The molecule has 0 spiro atoms. The van der Waals surface area contributed by atoms with Crippen LogP contribution >= 0.6 is 0 Å². The van der Waals surface area contributed by atoms with Crippen molar-refractivity contribution in [1.82, 2.24) is 38.8 Å². The zero-order valence-corrected chi connectivity index (χ0v) is 45.4. The molecule has 18 nitrogen and oxygen atoms in total. The number of rotatable bonds is 20. The number of hydrogen-bond donors (Lipinski definition) is 2. The van der Waals surface area contributed by atoms with E-state index >= 15 is 0 Å². The van der Waals surface area contributed by atoms with Crippen LogP contribution in [0.5, 0.6) is 11.5 Å². The van der Waals surface area contributed by atoms with Crippen molar-refractivity contribution < 1.29 is 45.4 Å². The number of hydrogen-bond acceptors (Lipinski definition) is 14. The number of benzene rings is 2. The van der Waals surface area contributed by atoms with Crippen molar-refractivity contribution in [2.24, 2.45) is 0 Å². The molecule has 6 rings (SSSR count). The van der Waals surface area contributed by atoms with E-state index in [-0.39, 0.29) is 73.2 Å². The Bertz CT molecular complexity index is 2040. The second-order valence-electron chi connectivity index (χ2n) is 19.5. The fraction of sp³-hybridized carbons (Fsp3) is 0.720. The first-order valence-electron chi connectivity index (χ1n) is 25.1. The Labute approximate surface area is 419 Å². The van der Waals surface area contributed by atoms with Crippen LogP contribution in [0.2, 0.25) is 0 Å². The van der Waals surface area contributed by atoms with Gasteiger partial charge in [-0.2, -0.15) is 8.61 Å². The number of aryl methyl sites for hydroxylation is 4. The van der Waals surface area contributed by atoms with Crippen molar-refractivity contribution >= 4 is 31.9 Å². The maximum atomic E-state index is 13.1. The third-order valence-electron chi connectivity index (χ3n) is 14.7. The van der Waals surface area contributed by atoms with Crippen LogP contribution in [0.4, 0.5) is 0 Å². The van der Waals surface area contributed by atoms with Gasteiger partial charge in [-0.3, -0.25) is 19.4 Å². The summed E-state index contributed by atoms with van der Waals surface area (Å²) in [6.07, 6.45) is 8.70. The summed E-state index contributed by atoms with van der Waals surface area (Å²) >= 11 is 0. The van der Waals surface area contributed by atoms with Crippen molar-refractivity contribution in [2.45, 2.75) is 113 Å². The summed E-state index contributed by atoms with van der Waals surface area (Å²) in [4.78, 5) is 34.9. The van der Waals surface area contributed by atoms with Crippen molar-refractivity contribution in [3.8, 4) is 11.5 Å². The second kappa shape index (κ2) is 27.0. The van der Waals surface area contributed by atoms with Gasteiger partial charge in [-0.05, 0) is 126 Å². The molecule has 20 heteroatoms. The lowest BCUT2D eigenvalue weighted by Crippen LogP contribution is -2.52. The van der Waals surface area contributed by atoms with Crippen LogP contribution in [0.3, 0.4) is 0 Å². The normalized spacial score (nSPS) is 21.8. The van der Waals surface area contributed by atoms with Crippen LogP contribution in [0.25, 0.3) is 0 Å². The molecule has 2 aliphatic heterocycles. The average Bonchev–Trinajstić information content (AvgIpc) is 3.35. The highest BCUT2D eigenvalue weighted by Crippen LogP contribution is 2.31. The monoisotopic (exact) mass is 1020 g/mol. The summed E-state index contributed by atoms with van der Waals surface area (Å²) < 4.78 is 76.8. The summed E-state index contributed by atoms with van der Waals surface area (Å²) in [6.45, 7) is 16.0. The van der Waals surface area contributed by atoms with Crippen molar-refractivity contribution in [2.75, 3.05) is 134 Å². The molecule has 2 saturated heterocycles. The van der Waals surface area contributed by atoms with Crippen LogP contribution in [0.15, 0.2) is 34.1 Å². The Morgan fingerprint density at radius 2 is 0.900 bits per heavy atom. The fourth-order valence-electron chi connectivity index (χ4n) is 10.5. The van der Waals surface area contributed by atoms with Gasteiger partial charge in [-0.1, -0.05) is 0 Å². The van der Waals surface area contributed by atoms with E-state index < -0.39 is 20.0 Å². The summed E-state index contributed by atoms with van der Waals surface area (Å²) in [5, 5.41) is 6.80. The van der Waals surface area contributed by atoms with Gasteiger partial charge in [-0.25, -0.2) is 16.8 Å². The van der Waals surface area contributed by atoms with Gasteiger partial charge in [0.1, 0.15) is 24.7 Å². The number of amides is 2. The van der Waals surface area contributed by atoms with E-state index in [4.69, 9.17) is 18.9 Å². The minimum Gasteiger partial charge on any atom is -0.497 e. The summed E-state index contributed by atoms with van der Waals surface area (Å²) in [6, 6.07) is 8.40. The summed E-state index contributed by atoms with van der Waals surface area (Å²) in [5.74, 6) is 1.15. The minimum absolute atomic E-state index is 0.0419. The van der Waals surface area contributed by atoms with E-state index in [1.165, 1.54) is 35.5 Å². The average molecular weight is 1020 g/mol. The first kappa shape index (κ1) is 57.5. The van der Waals surface area contributed by atoms with Crippen molar-refractivity contribution in [1.29, 1.82) is 0 Å². The van der Waals surface area contributed by atoms with Crippen LogP contribution in [0.1, 0.15) is 73.6 Å². The Morgan fingerprint density at radius 3 is 1.21 bits per heavy atom. The van der Waals surface area contributed by atoms with Gasteiger partial charge in [0.2, 0.25) is 31.9 Å². The molecule has 4 fully saturated rings. The molecule has 4 aliphatic rings. The quantitative estimate of drug-likeness (QED) is 0.185. The Kier molecular flexibility index (Phi) is 22.2. The maximum absolute atomic E-state index is 13.1. The molecule has 4 atom stereocenters. The zero-order chi connectivity index (χ0) is 51.2. The largest absolute Gasteiger partial charge is 0.497 e. The maximum Gasteiger partial charge on any atom is 0.248 e. The zero-order valence-electron chi connectivity index (χ0n) is 43.8. The van der Waals surface area contributed by atoms with E-state index in [9.17, 15) is 26.4 Å². The number of likely N-dealkylation sites (N-methyl/N-ethyl adjacent to an activating group) is 4. The first-order valence-corrected chi connectivity index (χ1v) is 28.0. The highest BCUT2D eigenvalue weighted by Gasteiger charge is 2.33. The molecule has 2 aromatic rings. The topological polar surface area (TPSA) is 183 Å². The molecular formula is C50H84N8O10S2. The molecule has 0 aromatic heterocycles. The lowest BCUT2D eigenvalue weighted by Gasteiger charge is -2.42. The van der Waals surface area contributed by atoms with Gasteiger partial charge in [0, 0.05) is 118 Å².